The summed E-state index contributed by atoms with van der Waals surface area (Å²) in [7, 11) is 0. The van der Waals surface area contributed by atoms with Gasteiger partial charge in [-0.05, 0) is 30.7 Å². The van der Waals surface area contributed by atoms with Gasteiger partial charge in [0.05, 0.1) is 16.7 Å². The number of hydrogen-bond acceptors (Lipinski definition) is 3. The largest absolute Gasteiger partial charge is 0.478 e. The lowest BCUT2D eigenvalue weighted by molar-refractivity contribution is -0.124. The number of amides is 2. The lowest BCUT2D eigenvalue weighted by atomic mass is 9.92. The number of carboxylic acid groups (broad SMARTS) is 1. The van der Waals surface area contributed by atoms with E-state index >= 15 is 0 Å². The molecular formula is C14H15NO4. The molecule has 1 aliphatic rings. The molecule has 0 unspecified atom stereocenters. The molecule has 5 nitrogen and oxygen atoms in total. The van der Waals surface area contributed by atoms with Crippen LogP contribution in [-0.2, 0) is 9.59 Å². The summed E-state index contributed by atoms with van der Waals surface area (Å²) in [6.07, 6.45) is 0.173. The molecule has 19 heavy (non-hydrogen) atoms. The highest BCUT2D eigenvalue weighted by molar-refractivity contribution is 6.22. The Hall–Kier alpha value is -2.17. The Morgan fingerprint density at radius 1 is 1.32 bits per heavy atom. The first-order valence-corrected chi connectivity index (χ1v) is 5.95. The van der Waals surface area contributed by atoms with Gasteiger partial charge in [-0.25, -0.2) is 9.69 Å². The van der Waals surface area contributed by atoms with Gasteiger partial charge in [0.2, 0.25) is 11.8 Å². The van der Waals surface area contributed by atoms with E-state index in [0.717, 1.165) is 4.90 Å². The predicted octanol–water partition coefficient (Wildman–Crippen LogP) is 1.98. The zero-order valence-corrected chi connectivity index (χ0v) is 11.1. The Bertz CT molecular complexity index is 589. The maximum atomic E-state index is 12.2. The maximum absolute atomic E-state index is 12.2. The second-order valence-electron chi connectivity index (χ2n) is 5.40. The molecule has 0 aromatic heterocycles. The van der Waals surface area contributed by atoms with Crippen LogP contribution in [0.5, 0.6) is 0 Å². The number of rotatable bonds is 2. The number of hydrogen-bond donors (Lipinski definition) is 1. The minimum atomic E-state index is -1.03. The van der Waals surface area contributed by atoms with Crippen molar-refractivity contribution in [3.63, 3.8) is 0 Å². The number of anilines is 1. The second kappa shape index (κ2) is 4.19. The summed E-state index contributed by atoms with van der Waals surface area (Å²) < 4.78 is 0. The van der Waals surface area contributed by atoms with Gasteiger partial charge in [0, 0.05) is 6.42 Å². The SMILES string of the molecule is Cc1cc(C(=O)O)ccc1N1C(=O)CC(C)(C)C1=O. The van der Waals surface area contributed by atoms with Crippen LogP contribution in [0.25, 0.3) is 0 Å². The molecule has 1 heterocycles. The van der Waals surface area contributed by atoms with Crippen LogP contribution in [-0.4, -0.2) is 22.9 Å². The van der Waals surface area contributed by atoms with Crippen molar-refractivity contribution in [1.82, 2.24) is 0 Å². The minimum absolute atomic E-state index is 0.139. The molecule has 5 heteroatoms. The number of benzene rings is 1. The summed E-state index contributed by atoms with van der Waals surface area (Å²) >= 11 is 0. The standard InChI is InChI=1S/C14H15NO4/c1-8-6-9(12(17)18)4-5-10(8)15-11(16)7-14(2,3)13(15)19/h4-6H,7H2,1-3H3,(H,17,18). The Morgan fingerprint density at radius 3 is 2.37 bits per heavy atom. The minimum Gasteiger partial charge on any atom is -0.478 e. The number of aromatic carboxylic acids is 1. The maximum Gasteiger partial charge on any atom is 0.335 e. The van der Waals surface area contributed by atoms with E-state index in [1.807, 2.05) is 0 Å². The average Bonchev–Trinajstić information content (AvgIpc) is 2.49. The normalized spacial score (nSPS) is 17.9. The Kier molecular flexibility index (Phi) is 2.92. The van der Waals surface area contributed by atoms with E-state index in [-0.39, 0.29) is 23.8 Å². The van der Waals surface area contributed by atoms with Gasteiger partial charge < -0.3 is 5.11 Å². The van der Waals surface area contributed by atoms with Crippen molar-refractivity contribution >= 4 is 23.5 Å². The molecule has 0 spiro atoms. The summed E-state index contributed by atoms with van der Waals surface area (Å²) in [6, 6.07) is 4.37. The molecule has 1 N–H and O–H groups in total. The van der Waals surface area contributed by atoms with E-state index in [2.05, 4.69) is 0 Å². The average molecular weight is 261 g/mol. The fourth-order valence-electron chi connectivity index (χ4n) is 2.23. The van der Waals surface area contributed by atoms with Crippen LogP contribution in [0.2, 0.25) is 0 Å². The molecule has 1 aromatic carbocycles. The van der Waals surface area contributed by atoms with E-state index in [0.29, 0.717) is 11.3 Å². The van der Waals surface area contributed by atoms with Crippen molar-refractivity contribution in [2.45, 2.75) is 27.2 Å². The Balaban J connectivity index is 2.46. The van der Waals surface area contributed by atoms with Gasteiger partial charge in [-0.1, -0.05) is 13.8 Å². The predicted molar refractivity (Wildman–Crippen MR) is 69.0 cm³/mol. The van der Waals surface area contributed by atoms with Crippen molar-refractivity contribution in [1.29, 1.82) is 0 Å². The summed E-state index contributed by atoms with van der Waals surface area (Å²) in [5, 5.41) is 8.91. The number of carboxylic acids is 1. The van der Waals surface area contributed by atoms with E-state index < -0.39 is 11.4 Å². The fraction of sp³-hybridized carbons (Fsp3) is 0.357. The molecule has 0 atom stereocenters. The van der Waals surface area contributed by atoms with Gasteiger partial charge in [0.25, 0.3) is 0 Å². The molecule has 2 rings (SSSR count). The summed E-state index contributed by atoms with van der Waals surface area (Å²) in [6.45, 7) is 5.15. The number of carbonyl (C=O) groups excluding carboxylic acids is 2. The van der Waals surface area contributed by atoms with Crippen LogP contribution >= 0.6 is 0 Å². The molecular weight excluding hydrogens is 246 g/mol. The first kappa shape index (κ1) is 13.3. The van der Waals surface area contributed by atoms with Gasteiger partial charge in [-0.15, -0.1) is 0 Å². The van der Waals surface area contributed by atoms with Crippen LogP contribution in [0.3, 0.4) is 0 Å². The monoisotopic (exact) mass is 261 g/mol. The van der Waals surface area contributed by atoms with Gasteiger partial charge in [-0.2, -0.15) is 0 Å². The van der Waals surface area contributed by atoms with E-state index in [4.69, 9.17) is 5.11 Å². The van der Waals surface area contributed by atoms with Crippen LogP contribution in [0.15, 0.2) is 18.2 Å². The first-order valence-electron chi connectivity index (χ1n) is 5.95. The smallest absolute Gasteiger partial charge is 0.335 e. The van der Waals surface area contributed by atoms with Gasteiger partial charge in [0.15, 0.2) is 0 Å². The molecule has 0 bridgehead atoms. The second-order valence-corrected chi connectivity index (χ2v) is 5.40. The van der Waals surface area contributed by atoms with Crippen LogP contribution in [0.1, 0.15) is 36.2 Å². The number of carbonyl (C=O) groups is 3. The molecule has 0 aliphatic carbocycles. The Labute approximate surface area is 110 Å². The highest BCUT2D eigenvalue weighted by atomic mass is 16.4. The van der Waals surface area contributed by atoms with Crippen molar-refractivity contribution in [3.05, 3.63) is 29.3 Å². The highest BCUT2D eigenvalue weighted by Crippen LogP contribution is 2.36. The molecule has 0 radical (unpaired) electrons. The third-order valence-electron chi connectivity index (χ3n) is 3.31. The van der Waals surface area contributed by atoms with Crippen LogP contribution < -0.4 is 4.90 Å². The van der Waals surface area contributed by atoms with Gasteiger partial charge in [-0.3, -0.25) is 9.59 Å². The quantitative estimate of drug-likeness (QED) is 0.826. The third kappa shape index (κ3) is 2.12. The van der Waals surface area contributed by atoms with Gasteiger partial charge >= 0.3 is 5.97 Å². The van der Waals surface area contributed by atoms with E-state index in [9.17, 15) is 14.4 Å². The molecule has 1 saturated heterocycles. The number of imide groups is 1. The topological polar surface area (TPSA) is 74.7 Å². The molecule has 2 amide bonds. The van der Waals surface area contributed by atoms with Crippen molar-refractivity contribution in [3.8, 4) is 0 Å². The fourth-order valence-corrected chi connectivity index (χ4v) is 2.23. The van der Waals surface area contributed by atoms with E-state index in [1.165, 1.54) is 18.2 Å². The first-order chi connectivity index (χ1) is 8.74. The highest BCUT2D eigenvalue weighted by Gasteiger charge is 2.45. The van der Waals surface area contributed by atoms with Crippen molar-refractivity contribution in [2.24, 2.45) is 5.41 Å². The molecule has 100 valence electrons. The molecule has 1 fully saturated rings. The number of nitrogens with zero attached hydrogens (tertiary/aromatic N) is 1. The zero-order chi connectivity index (χ0) is 14.4. The number of aryl methyl sites for hydroxylation is 1. The van der Waals surface area contributed by atoms with Gasteiger partial charge in [0.1, 0.15) is 0 Å². The zero-order valence-electron chi connectivity index (χ0n) is 11.1. The summed E-state index contributed by atoms with van der Waals surface area (Å²) in [5.74, 6) is -1.53. The third-order valence-corrected chi connectivity index (χ3v) is 3.31. The molecule has 1 aromatic rings. The lowest BCUT2D eigenvalue weighted by Crippen LogP contribution is -2.33. The van der Waals surface area contributed by atoms with E-state index in [1.54, 1.807) is 20.8 Å². The van der Waals surface area contributed by atoms with Crippen LogP contribution in [0, 0.1) is 12.3 Å². The summed E-state index contributed by atoms with van der Waals surface area (Å²) in [5.41, 5.74) is 0.499. The Morgan fingerprint density at radius 2 is 1.95 bits per heavy atom. The molecule has 1 aliphatic heterocycles. The van der Waals surface area contributed by atoms with Crippen molar-refractivity contribution < 1.29 is 19.5 Å². The summed E-state index contributed by atoms with van der Waals surface area (Å²) in [4.78, 5) is 36.2. The van der Waals surface area contributed by atoms with Crippen molar-refractivity contribution in [2.75, 3.05) is 4.90 Å². The van der Waals surface area contributed by atoms with Crippen LogP contribution in [0.4, 0.5) is 5.69 Å². The lowest BCUT2D eigenvalue weighted by Gasteiger charge is -2.19. The molecule has 0 saturated carbocycles.